The standard InChI is InChI=1S/C7H9N/c1-2-7-5-3-4-6-8-7/h3-6H,2H2,1H3/i3D. The van der Waals surface area contributed by atoms with Gasteiger partial charge in [0, 0.05) is 11.9 Å². The average Bonchev–Trinajstić information content (AvgIpc) is 1.88. The summed E-state index contributed by atoms with van der Waals surface area (Å²) in [5.74, 6) is 0. The molecule has 0 bridgehead atoms. The SMILES string of the molecule is [2H]c1ccnc(CC)c1. The molecule has 42 valence electrons. The summed E-state index contributed by atoms with van der Waals surface area (Å²) in [4.78, 5) is 4.04. The first-order valence-corrected chi connectivity index (χ1v) is 2.74. The zero-order chi connectivity index (χ0) is 6.69. The van der Waals surface area contributed by atoms with E-state index in [0.29, 0.717) is 6.04 Å². The molecular weight excluding hydrogens is 98.1 g/mol. The second kappa shape index (κ2) is 2.46. The summed E-state index contributed by atoms with van der Waals surface area (Å²) in [7, 11) is 0. The van der Waals surface area contributed by atoms with E-state index in [1.54, 1.807) is 18.3 Å². The van der Waals surface area contributed by atoms with Gasteiger partial charge in [0.2, 0.25) is 0 Å². The molecule has 0 saturated heterocycles. The molecule has 1 nitrogen and oxygen atoms in total. The first-order chi connectivity index (χ1) is 4.33. The van der Waals surface area contributed by atoms with Crippen LogP contribution in [-0.4, -0.2) is 4.98 Å². The van der Waals surface area contributed by atoms with Crippen LogP contribution < -0.4 is 0 Å². The minimum absolute atomic E-state index is 0.543. The maximum atomic E-state index is 7.20. The van der Waals surface area contributed by atoms with Crippen LogP contribution >= 0.6 is 0 Å². The minimum Gasteiger partial charge on any atom is -0.261 e. The van der Waals surface area contributed by atoms with E-state index in [-0.39, 0.29) is 0 Å². The molecule has 0 unspecified atom stereocenters. The fourth-order valence-corrected chi connectivity index (χ4v) is 0.551. The number of nitrogens with zero attached hydrogens (tertiary/aromatic N) is 1. The van der Waals surface area contributed by atoms with Crippen molar-refractivity contribution < 1.29 is 1.37 Å². The Labute approximate surface area is 50.8 Å². The van der Waals surface area contributed by atoms with Crippen LogP contribution in [0.15, 0.2) is 24.4 Å². The Balaban J connectivity index is 2.94. The molecule has 1 rings (SSSR count). The highest BCUT2D eigenvalue weighted by molar-refractivity contribution is 5.02. The van der Waals surface area contributed by atoms with Gasteiger partial charge in [-0.25, -0.2) is 0 Å². The van der Waals surface area contributed by atoms with Crippen LogP contribution in [0.1, 0.15) is 14.0 Å². The van der Waals surface area contributed by atoms with Gasteiger partial charge in [-0.15, -0.1) is 0 Å². The Kier molecular flexibility index (Phi) is 1.25. The highest BCUT2D eigenvalue weighted by Crippen LogP contribution is 1.91. The first kappa shape index (κ1) is 4.07. The molecule has 0 radical (unpaired) electrons. The van der Waals surface area contributed by atoms with Gasteiger partial charge >= 0.3 is 0 Å². The van der Waals surface area contributed by atoms with E-state index in [0.717, 1.165) is 12.1 Å². The Morgan fingerprint density at radius 3 is 3.25 bits per heavy atom. The highest BCUT2D eigenvalue weighted by atomic mass is 14.6. The van der Waals surface area contributed by atoms with Crippen LogP contribution in [0.2, 0.25) is 0 Å². The third-order valence-corrected chi connectivity index (χ3v) is 1.02. The maximum absolute atomic E-state index is 7.20. The average molecular weight is 108 g/mol. The molecular formula is C7H9N. The molecule has 1 aromatic rings. The number of hydrogen-bond donors (Lipinski definition) is 0. The molecule has 0 amide bonds. The maximum Gasteiger partial charge on any atom is 0.0624 e. The van der Waals surface area contributed by atoms with Crippen molar-refractivity contribution in [3.8, 4) is 0 Å². The molecule has 0 spiro atoms. The van der Waals surface area contributed by atoms with Crippen LogP contribution in [0.3, 0.4) is 0 Å². The van der Waals surface area contributed by atoms with Crippen molar-refractivity contribution in [2.45, 2.75) is 13.3 Å². The van der Waals surface area contributed by atoms with E-state index in [1.165, 1.54) is 0 Å². The number of aryl methyl sites for hydroxylation is 1. The Morgan fingerprint density at radius 2 is 2.75 bits per heavy atom. The third-order valence-electron chi connectivity index (χ3n) is 1.02. The van der Waals surface area contributed by atoms with Gasteiger partial charge in [0.1, 0.15) is 0 Å². The lowest BCUT2D eigenvalue weighted by atomic mass is 10.3. The van der Waals surface area contributed by atoms with Crippen LogP contribution in [0, 0.1) is 0 Å². The van der Waals surface area contributed by atoms with Crippen molar-refractivity contribution in [3.05, 3.63) is 30.1 Å². The molecule has 0 atom stereocenters. The van der Waals surface area contributed by atoms with Gasteiger partial charge in [-0.2, -0.15) is 0 Å². The van der Waals surface area contributed by atoms with E-state index in [9.17, 15) is 0 Å². The zero-order valence-corrected chi connectivity index (χ0v) is 4.89. The predicted molar refractivity (Wildman–Crippen MR) is 33.6 cm³/mol. The highest BCUT2D eigenvalue weighted by Gasteiger charge is 1.81. The van der Waals surface area contributed by atoms with E-state index in [2.05, 4.69) is 4.98 Å². The molecule has 0 N–H and O–H groups in total. The lowest BCUT2D eigenvalue weighted by molar-refractivity contribution is 1.04. The molecule has 0 fully saturated rings. The van der Waals surface area contributed by atoms with E-state index < -0.39 is 0 Å². The number of aromatic nitrogens is 1. The fourth-order valence-electron chi connectivity index (χ4n) is 0.551. The molecule has 0 aliphatic heterocycles. The van der Waals surface area contributed by atoms with Crippen LogP contribution in [0.5, 0.6) is 0 Å². The molecule has 1 heteroatoms. The van der Waals surface area contributed by atoms with E-state index in [1.807, 2.05) is 6.92 Å². The van der Waals surface area contributed by atoms with Gasteiger partial charge in [-0.05, 0) is 18.6 Å². The van der Waals surface area contributed by atoms with Crippen LogP contribution in [0.25, 0.3) is 0 Å². The van der Waals surface area contributed by atoms with E-state index in [4.69, 9.17) is 1.37 Å². The number of hydrogen-bond acceptors (Lipinski definition) is 1. The molecule has 8 heavy (non-hydrogen) atoms. The van der Waals surface area contributed by atoms with E-state index >= 15 is 0 Å². The van der Waals surface area contributed by atoms with Crippen LogP contribution in [-0.2, 0) is 6.42 Å². The summed E-state index contributed by atoms with van der Waals surface area (Å²) < 4.78 is 7.20. The van der Waals surface area contributed by atoms with Crippen molar-refractivity contribution >= 4 is 0 Å². The predicted octanol–water partition coefficient (Wildman–Crippen LogP) is 1.64. The van der Waals surface area contributed by atoms with Gasteiger partial charge in [-0.3, -0.25) is 4.98 Å². The van der Waals surface area contributed by atoms with Crippen molar-refractivity contribution in [1.82, 2.24) is 4.98 Å². The summed E-state index contributed by atoms with van der Waals surface area (Å²) in [6.07, 6.45) is 2.58. The lowest BCUT2D eigenvalue weighted by Crippen LogP contribution is -1.81. The summed E-state index contributed by atoms with van der Waals surface area (Å²) in [6, 6.07) is 4.00. The minimum atomic E-state index is 0.543. The molecule has 0 aliphatic rings. The van der Waals surface area contributed by atoms with Gasteiger partial charge in [-0.1, -0.05) is 13.0 Å². The molecule has 1 heterocycles. The van der Waals surface area contributed by atoms with Crippen molar-refractivity contribution in [1.29, 1.82) is 0 Å². The quantitative estimate of drug-likeness (QED) is 0.533. The summed E-state index contributed by atoms with van der Waals surface area (Å²) in [5, 5.41) is 0. The Bertz CT molecular complexity index is 198. The van der Waals surface area contributed by atoms with Gasteiger partial charge < -0.3 is 0 Å². The van der Waals surface area contributed by atoms with Crippen LogP contribution in [0.4, 0.5) is 0 Å². The topological polar surface area (TPSA) is 12.9 Å². The van der Waals surface area contributed by atoms with Crippen molar-refractivity contribution in [2.75, 3.05) is 0 Å². The third kappa shape index (κ3) is 1.06. The second-order valence-electron chi connectivity index (χ2n) is 1.60. The molecule has 0 saturated carbocycles. The van der Waals surface area contributed by atoms with Gasteiger partial charge in [0.05, 0.1) is 1.37 Å². The van der Waals surface area contributed by atoms with Crippen molar-refractivity contribution in [2.24, 2.45) is 0 Å². The molecule has 0 aromatic carbocycles. The lowest BCUT2D eigenvalue weighted by Gasteiger charge is -1.88. The summed E-state index contributed by atoms with van der Waals surface area (Å²) >= 11 is 0. The molecule has 0 aliphatic carbocycles. The summed E-state index contributed by atoms with van der Waals surface area (Å²) in [6.45, 7) is 2.03. The summed E-state index contributed by atoms with van der Waals surface area (Å²) in [5.41, 5.74) is 0.988. The normalized spacial score (nSPS) is 10.9. The Hall–Kier alpha value is -0.850. The smallest absolute Gasteiger partial charge is 0.0624 e. The largest absolute Gasteiger partial charge is 0.261 e. The number of pyridine rings is 1. The van der Waals surface area contributed by atoms with Gasteiger partial charge in [0.15, 0.2) is 0 Å². The monoisotopic (exact) mass is 108 g/mol. The fraction of sp³-hybridized carbons (Fsp3) is 0.286. The zero-order valence-electron chi connectivity index (χ0n) is 5.89. The molecule has 1 aromatic heterocycles. The Morgan fingerprint density at radius 1 is 1.88 bits per heavy atom. The number of rotatable bonds is 1. The van der Waals surface area contributed by atoms with Gasteiger partial charge in [0.25, 0.3) is 0 Å². The second-order valence-corrected chi connectivity index (χ2v) is 1.60. The van der Waals surface area contributed by atoms with Crippen molar-refractivity contribution in [3.63, 3.8) is 0 Å². The first-order valence-electron chi connectivity index (χ1n) is 3.24.